The highest BCUT2D eigenvalue weighted by Crippen LogP contribution is 2.37. The number of amides is 2. The molecule has 0 saturated heterocycles. The third-order valence-corrected chi connectivity index (χ3v) is 5.77. The summed E-state index contributed by atoms with van der Waals surface area (Å²) >= 11 is 0. The quantitative estimate of drug-likeness (QED) is 0.452. The number of ether oxygens (including phenoxy) is 1. The normalized spacial score (nSPS) is 14.8. The van der Waals surface area contributed by atoms with Crippen LogP contribution in [0.1, 0.15) is 22.9 Å². The number of hydrogen-bond donors (Lipinski definition) is 1. The molecule has 1 unspecified atom stereocenters. The van der Waals surface area contributed by atoms with Gasteiger partial charge in [0.25, 0.3) is 0 Å². The lowest BCUT2D eigenvalue weighted by molar-refractivity contribution is 0.194. The van der Waals surface area contributed by atoms with Crippen LogP contribution < -0.4 is 10.1 Å². The molecule has 0 spiro atoms. The zero-order chi connectivity index (χ0) is 22.1. The molecule has 1 aromatic heterocycles. The molecule has 1 N–H and O–H groups in total. The molecule has 1 atom stereocenters. The minimum atomic E-state index is -0.472. The Morgan fingerprint density at radius 2 is 1.72 bits per heavy atom. The number of rotatable bonds is 3. The summed E-state index contributed by atoms with van der Waals surface area (Å²) in [5.74, 6) is 0.267. The summed E-state index contributed by atoms with van der Waals surface area (Å²) in [4.78, 5) is 15.3. The van der Waals surface area contributed by atoms with Gasteiger partial charge >= 0.3 is 6.03 Å². The highest BCUT2D eigenvalue weighted by atomic mass is 19.1. The number of carbonyl (C=O) groups is 1. The SMILES string of the molecule is COc1ccc(C2c3cccn3-c3ccccc3CN2C(=O)Nc2ccccc2F)cc1. The van der Waals surface area contributed by atoms with Gasteiger partial charge in [0, 0.05) is 11.9 Å². The number of para-hydroxylation sites is 2. The van der Waals surface area contributed by atoms with E-state index in [1.165, 1.54) is 6.07 Å². The molecule has 3 aromatic carbocycles. The zero-order valence-corrected chi connectivity index (χ0v) is 17.5. The van der Waals surface area contributed by atoms with Gasteiger partial charge in [-0.2, -0.15) is 0 Å². The van der Waals surface area contributed by atoms with Crippen LogP contribution in [-0.2, 0) is 6.54 Å². The van der Waals surface area contributed by atoms with Gasteiger partial charge in [0.15, 0.2) is 0 Å². The Balaban J connectivity index is 1.63. The molecule has 0 bridgehead atoms. The van der Waals surface area contributed by atoms with Gasteiger partial charge in [-0.15, -0.1) is 0 Å². The Morgan fingerprint density at radius 3 is 2.50 bits per heavy atom. The minimum Gasteiger partial charge on any atom is -0.497 e. The lowest BCUT2D eigenvalue weighted by atomic mass is 10.0. The smallest absolute Gasteiger partial charge is 0.323 e. The first kappa shape index (κ1) is 19.9. The van der Waals surface area contributed by atoms with Gasteiger partial charge in [-0.05, 0) is 53.6 Å². The first-order chi connectivity index (χ1) is 15.7. The van der Waals surface area contributed by atoms with Crippen LogP contribution in [0, 0.1) is 5.82 Å². The van der Waals surface area contributed by atoms with Gasteiger partial charge in [0.2, 0.25) is 0 Å². The molecule has 160 valence electrons. The van der Waals surface area contributed by atoms with E-state index in [-0.39, 0.29) is 17.8 Å². The van der Waals surface area contributed by atoms with Crippen molar-refractivity contribution in [2.75, 3.05) is 12.4 Å². The molecule has 5 nitrogen and oxygen atoms in total. The maximum atomic E-state index is 14.3. The molecule has 2 heterocycles. The Kier molecular flexibility index (Phi) is 5.11. The number of hydrogen-bond acceptors (Lipinski definition) is 2. The minimum absolute atomic E-state index is 0.152. The molecule has 0 radical (unpaired) electrons. The fraction of sp³-hybridized carbons (Fsp3) is 0.115. The fourth-order valence-electron chi connectivity index (χ4n) is 4.23. The average Bonchev–Trinajstić information content (AvgIpc) is 3.25. The van der Waals surface area contributed by atoms with Crippen molar-refractivity contribution in [3.8, 4) is 11.4 Å². The number of benzene rings is 3. The third kappa shape index (κ3) is 3.50. The summed E-state index contributed by atoms with van der Waals surface area (Å²) in [6, 6.07) is 25.1. The van der Waals surface area contributed by atoms with Crippen molar-refractivity contribution < 1.29 is 13.9 Å². The van der Waals surface area contributed by atoms with Crippen molar-refractivity contribution >= 4 is 11.7 Å². The largest absolute Gasteiger partial charge is 0.497 e. The van der Waals surface area contributed by atoms with Gasteiger partial charge in [-0.3, -0.25) is 0 Å². The molecule has 32 heavy (non-hydrogen) atoms. The Morgan fingerprint density at radius 1 is 0.969 bits per heavy atom. The second-order valence-corrected chi connectivity index (χ2v) is 7.65. The topological polar surface area (TPSA) is 46.5 Å². The van der Waals surface area contributed by atoms with E-state index in [9.17, 15) is 9.18 Å². The van der Waals surface area contributed by atoms with Gasteiger partial charge in [-0.1, -0.05) is 42.5 Å². The summed E-state index contributed by atoms with van der Waals surface area (Å²) in [6.07, 6.45) is 2.00. The lowest BCUT2D eigenvalue weighted by Gasteiger charge is -2.31. The number of nitrogens with zero attached hydrogens (tertiary/aromatic N) is 2. The maximum Gasteiger partial charge on any atom is 0.323 e. The Bertz CT molecular complexity index is 1270. The number of fused-ring (bicyclic) bond motifs is 3. The van der Waals surface area contributed by atoms with Crippen LogP contribution in [0.2, 0.25) is 0 Å². The highest BCUT2D eigenvalue weighted by Gasteiger charge is 2.33. The van der Waals surface area contributed by atoms with E-state index >= 15 is 0 Å². The molecular formula is C26H22FN3O2. The van der Waals surface area contributed by atoms with Crippen LogP contribution in [0.15, 0.2) is 91.1 Å². The van der Waals surface area contributed by atoms with Crippen LogP contribution in [0.25, 0.3) is 5.69 Å². The van der Waals surface area contributed by atoms with Crippen molar-refractivity contribution in [2.24, 2.45) is 0 Å². The third-order valence-electron chi connectivity index (χ3n) is 5.77. The molecule has 2 amide bonds. The zero-order valence-electron chi connectivity index (χ0n) is 17.5. The Labute approximate surface area is 185 Å². The fourth-order valence-corrected chi connectivity index (χ4v) is 4.23. The number of aromatic nitrogens is 1. The van der Waals surface area contributed by atoms with Crippen LogP contribution in [0.5, 0.6) is 5.75 Å². The molecule has 0 aliphatic carbocycles. The van der Waals surface area contributed by atoms with Gasteiger partial charge in [-0.25, -0.2) is 9.18 Å². The number of carbonyl (C=O) groups excluding carboxylic acids is 1. The van der Waals surface area contributed by atoms with Crippen LogP contribution >= 0.6 is 0 Å². The standard InChI is InChI=1S/C26H22FN3O2/c1-32-20-14-12-18(13-15-20)25-24-11-6-16-29(24)23-10-5-2-7-19(23)17-30(25)26(31)28-22-9-4-3-8-21(22)27/h2-16,25H,17H2,1H3,(H,28,31). The lowest BCUT2D eigenvalue weighted by Crippen LogP contribution is -2.38. The first-order valence-corrected chi connectivity index (χ1v) is 10.4. The van der Waals surface area contributed by atoms with Crippen molar-refractivity contribution in [3.63, 3.8) is 0 Å². The van der Waals surface area contributed by atoms with Gasteiger partial charge in [0.1, 0.15) is 11.6 Å². The molecule has 1 aliphatic heterocycles. The number of anilines is 1. The highest BCUT2D eigenvalue weighted by molar-refractivity contribution is 5.90. The van der Waals surface area contributed by atoms with Gasteiger partial charge < -0.3 is 19.5 Å². The number of methoxy groups -OCH3 is 1. The molecule has 5 rings (SSSR count). The van der Waals surface area contributed by atoms with Crippen LogP contribution in [-0.4, -0.2) is 22.6 Å². The monoisotopic (exact) mass is 427 g/mol. The predicted molar refractivity (Wildman–Crippen MR) is 122 cm³/mol. The van der Waals surface area contributed by atoms with E-state index in [0.717, 1.165) is 28.3 Å². The summed E-state index contributed by atoms with van der Waals surface area (Å²) in [6.45, 7) is 0.370. The van der Waals surface area contributed by atoms with E-state index in [1.54, 1.807) is 30.2 Å². The molecule has 4 aromatic rings. The molecule has 0 fully saturated rings. The Hall–Kier alpha value is -4.06. The summed E-state index contributed by atoms with van der Waals surface area (Å²) in [5.41, 5.74) is 4.06. The number of urea groups is 1. The summed E-state index contributed by atoms with van der Waals surface area (Å²) in [5, 5.41) is 2.76. The average molecular weight is 427 g/mol. The molecule has 6 heteroatoms. The predicted octanol–water partition coefficient (Wildman–Crippen LogP) is 5.76. The van der Waals surface area contributed by atoms with E-state index in [2.05, 4.69) is 9.88 Å². The number of nitrogens with one attached hydrogen (secondary N) is 1. The van der Waals surface area contributed by atoms with Gasteiger partial charge in [0.05, 0.1) is 31.1 Å². The van der Waals surface area contributed by atoms with E-state index < -0.39 is 5.82 Å². The van der Waals surface area contributed by atoms with Crippen molar-refractivity contribution in [2.45, 2.75) is 12.6 Å². The van der Waals surface area contributed by atoms with Crippen LogP contribution in [0.4, 0.5) is 14.9 Å². The molecule has 1 aliphatic rings. The molecular weight excluding hydrogens is 405 g/mol. The van der Waals surface area contributed by atoms with Crippen LogP contribution in [0.3, 0.4) is 0 Å². The van der Waals surface area contributed by atoms with E-state index in [4.69, 9.17) is 4.74 Å². The second kappa shape index (κ2) is 8.23. The van der Waals surface area contributed by atoms with E-state index in [0.29, 0.717) is 6.54 Å². The van der Waals surface area contributed by atoms with Crippen molar-refractivity contribution in [1.82, 2.24) is 9.47 Å². The number of halogens is 1. The summed E-state index contributed by atoms with van der Waals surface area (Å²) in [7, 11) is 1.62. The summed E-state index contributed by atoms with van der Waals surface area (Å²) < 4.78 is 21.7. The van der Waals surface area contributed by atoms with E-state index in [1.807, 2.05) is 66.9 Å². The maximum absolute atomic E-state index is 14.3. The first-order valence-electron chi connectivity index (χ1n) is 10.4. The molecule has 0 saturated carbocycles. The van der Waals surface area contributed by atoms with Crippen molar-refractivity contribution in [1.29, 1.82) is 0 Å². The van der Waals surface area contributed by atoms with Crippen molar-refractivity contribution in [3.05, 3.63) is 114 Å². The second-order valence-electron chi connectivity index (χ2n) is 7.65.